The van der Waals surface area contributed by atoms with Crippen molar-refractivity contribution < 1.29 is 12.9 Å². The van der Waals surface area contributed by atoms with E-state index < -0.39 is 10.0 Å². The fraction of sp³-hybridized carbons (Fsp3) is 0.579. The van der Waals surface area contributed by atoms with Crippen molar-refractivity contribution in [2.75, 3.05) is 32.9 Å². The van der Waals surface area contributed by atoms with Crippen LogP contribution in [0.25, 0.3) is 0 Å². The standard InChI is InChI=1S/C19H28N4O3S/c1-22(12-6-9-16-7-4-3-5-8-16)15-18-20-19(21-26-18)17-10-13-23(14-11-17)27(2,24)25/h3-5,7-8,17H,6,9-15H2,1-2H3. The Hall–Kier alpha value is -1.77. The summed E-state index contributed by atoms with van der Waals surface area (Å²) in [5.74, 6) is 1.50. The van der Waals surface area contributed by atoms with E-state index in [9.17, 15) is 8.42 Å². The molecular weight excluding hydrogens is 364 g/mol. The van der Waals surface area contributed by atoms with Gasteiger partial charge in [-0.15, -0.1) is 0 Å². The Kier molecular flexibility index (Phi) is 6.62. The monoisotopic (exact) mass is 392 g/mol. The Morgan fingerprint density at radius 2 is 1.93 bits per heavy atom. The predicted octanol–water partition coefficient (Wildman–Crippen LogP) is 2.27. The largest absolute Gasteiger partial charge is 0.338 e. The minimum absolute atomic E-state index is 0.170. The Balaban J connectivity index is 1.44. The average Bonchev–Trinajstić information content (AvgIpc) is 3.10. The van der Waals surface area contributed by atoms with Crippen LogP contribution in [0.15, 0.2) is 34.9 Å². The summed E-state index contributed by atoms with van der Waals surface area (Å²) >= 11 is 0. The van der Waals surface area contributed by atoms with Crippen LogP contribution in [0, 0.1) is 0 Å². The van der Waals surface area contributed by atoms with Gasteiger partial charge in [-0.2, -0.15) is 4.98 Å². The second kappa shape index (κ2) is 8.95. The van der Waals surface area contributed by atoms with Gasteiger partial charge in [0.05, 0.1) is 12.8 Å². The van der Waals surface area contributed by atoms with Crippen LogP contribution in [-0.4, -0.2) is 60.7 Å². The molecule has 1 aromatic heterocycles. The molecule has 27 heavy (non-hydrogen) atoms. The van der Waals surface area contributed by atoms with E-state index in [0.717, 1.165) is 32.2 Å². The number of hydrogen-bond acceptors (Lipinski definition) is 6. The van der Waals surface area contributed by atoms with Crippen LogP contribution in [0.2, 0.25) is 0 Å². The lowest BCUT2D eigenvalue weighted by Crippen LogP contribution is -2.37. The highest BCUT2D eigenvalue weighted by Crippen LogP contribution is 2.27. The van der Waals surface area contributed by atoms with Gasteiger partial charge in [0.25, 0.3) is 0 Å². The summed E-state index contributed by atoms with van der Waals surface area (Å²) in [6, 6.07) is 10.5. The summed E-state index contributed by atoms with van der Waals surface area (Å²) in [6.45, 7) is 2.63. The Morgan fingerprint density at radius 1 is 1.22 bits per heavy atom. The van der Waals surface area contributed by atoms with Gasteiger partial charge in [0.15, 0.2) is 5.82 Å². The smallest absolute Gasteiger partial charge is 0.240 e. The van der Waals surface area contributed by atoms with Gasteiger partial charge in [0.2, 0.25) is 15.9 Å². The second-order valence-corrected chi connectivity index (χ2v) is 9.29. The number of piperidine rings is 1. The maximum atomic E-state index is 11.6. The van der Waals surface area contributed by atoms with E-state index in [-0.39, 0.29) is 5.92 Å². The zero-order chi connectivity index (χ0) is 19.3. The van der Waals surface area contributed by atoms with Crippen LogP contribution in [0.5, 0.6) is 0 Å². The maximum Gasteiger partial charge on any atom is 0.240 e. The molecule has 0 atom stereocenters. The van der Waals surface area contributed by atoms with Crippen LogP contribution < -0.4 is 0 Å². The highest BCUT2D eigenvalue weighted by atomic mass is 32.2. The topological polar surface area (TPSA) is 79.5 Å². The number of hydrogen-bond donors (Lipinski definition) is 0. The van der Waals surface area contributed by atoms with Crippen molar-refractivity contribution in [1.82, 2.24) is 19.3 Å². The quantitative estimate of drug-likeness (QED) is 0.686. The highest BCUT2D eigenvalue weighted by Gasteiger charge is 2.28. The fourth-order valence-electron chi connectivity index (χ4n) is 3.45. The minimum atomic E-state index is -3.11. The summed E-state index contributed by atoms with van der Waals surface area (Å²) in [4.78, 5) is 6.73. The molecule has 0 unspecified atom stereocenters. The number of aromatic nitrogens is 2. The molecule has 2 heterocycles. The lowest BCUT2D eigenvalue weighted by atomic mass is 9.98. The summed E-state index contributed by atoms with van der Waals surface area (Å²) in [5, 5.41) is 4.13. The second-order valence-electron chi connectivity index (χ2n) is 7.31. The Labute approximate surface area is 161 Å². The molecule has 1 aliphatic heterocycles. The first-order chi connectivity index (χ1) is 12.9. The predicted molar refractivity (Wildman–Crippen MR) is 104 cm³/mol. The third-order valence-corrected chi connectivity index (χ3v) is 6.33. The summed E-state index contributed by atoms with van der Waals surface area (Å²) < 4.78 is 30.1. The molecule has 0 radical (unpaired) electrons. The molecule has 1 fully saturated rings. The Morgan fingerprint density at radius 3 is 2.59 bits per heavy atom. The van der Waals surface area contributed by atoms with Gasteiger partial charge in [0, 0.05) is 19.0 Å². The number of benzene rings is 1. The maximum absolute atomic E-state index is 11.6. The zero-order valence-corrected chi connectivity index (χ0v) is 16.9. The van der Waals surface area contributed by atoms with E-state index in [1.54, 1.807) is 0 Å². The molecule has 7 nitrogen and oxygen atoms in total. The number of nitrogens with zero attached hydrogens (tertiary/aromatic N) is 4. The first-order valence-electron chi connectivity index (χ1n) is 9.42. The third-order valence-electron chi connectivity index (χ3n) is 5.03. The first kappa shape index (κ1) is 20.0. The van der Waals surface area contributed by atoms with Gasteiger partial charge >= 0.3 is 0 Å². The normalized spacial score (nSPS) is 16.9. The van der Waals surface area contributed by atoms with E-state index >= 15 is 0 Å². The molecule has 1 saturated heterocycles. The van der Waals surface area contributed by atoms with Gasteiger partial charge in [-0.25, -0.2) is 12.7 Å². The molecular formula is C19H28N4O3S. The highest BCUT2D eigenvalue weighted by molar-refractivity contribution is 7.88. The lowest BCUT2D eigenvalue weighted by Gasteiger charge is -2.28. The molecule has 1 aliphatic rings. The van der Waals surface area contributed by atoms with Crippen LogP contribution in [0.3, 0.4) is 0 Å². The number of aryl methyl sites for hydroxylation is 1. The Bertz CT molecular complexity index is 814. The molecule has 0 N–H and O–H groups in total. The van der Waals surface area contributed by atoms with Gasteiger partial charge in [-0.3, -0.25) is 4.90 Å². The number of rotatable bonds is 8. The molecule has 3 rings (SSSR count). The van der Waals surface area contributed by atoms with Crippen LogP contribution >= 0.6 is 0 Å². The van der Waals surface area contributed by atoms with Crippen molar-refractivity contribution in [2.45, 2.75) is 38.1 Å². The van der Waals surface area contributed by atoms with Crippen molar-refractivity contribution in [3.63, 3.8) is 0 Å². The fourth-order valence-corrected chi connectivity index (χ4v) is 4.33. The minimum Gasteiger partial charge on any atom is -0.338 e. The van der Waals surface area contributed by atoms with Crippen LogP contribution in [0.1, 0.15) is 42.5 Å². The molecule has 148 valence electrons. The molecule has 0 saturated carbocycles. The van der Waals surface area contributed by atoms with E-state index in [4.69, 9.17) is 4.52 Å². The van der Waals surface area contributed by atoms with Crippen LogP contribution in [0.4, 0.5) is 0 Å². The van der Waals surface area contributed by atoms with Gasteiger partial charge in [0.1, 0.15) is 0 Å². The first-order valence-corrected chi connectivity index (χ1v) is 11.3. The average molecular weight is 393 g/mol. The van der Waals surface area contributed by atoms with Gasteiger partial charge in [-0.1, -0.05) is 35.5 Å². The SMILES string of the molecule is CN(CCCc1ccccc1)Cc1nc(C2CCN(S(C)(=O)=O)CC2)no1. The molecule has 1 aromatic carbocycles. The van der Waals surface area contributed by atoms with Crippen molar-refractivity contribution in [2.24, 2.45) is 0 Å². The zero-order valence-electron chi connectivity index (χ0n) is 16.0. The van der Waals surface area contributed by atoms with Gasteiger partial charge in [-0.05, 0) is 44.8 Å². The van der Waals surface area contributed by atoms with Crippen molar-refractivity contribution in [1.29, 1.82) is 0 Å². The van der Waals surface area contributed by atoms with E-state index in [1.165, 1.54) is 16.1 Å². The summed E-state index contributed by atoms with van der Waals surface area (Å²) in [6.07, 6.45) is 4.86. The molecule has 0 spiro atoms. The lowest BCUT2D eigenvalue weighted by molar-refractivity contribution is 0.262. The van der Waals surface area contributed by atoms with E-state index in [0.29, 0.717) is 31.3 Å². The van der Waals surface area contributed by atoms with Crippen molar-refractivity contribution in [3.8, 4) is 0 Å². The summed E-state index contributed by atoms with van der Waals surface area (Å²) in [5.41, 5.74) is 1.35. The van der Waals surface area contributed by atoms with E-state index in [1.807, 2.05) is 6.07 Å². The third kappa shape index (κ3) is 5.85. The van der Waals surface area contributed by atoms with Crippen LogP contribution in [-0.2, 0) is 23.0 Å². The molecule has 0 bridgehead atoms. The van der Waals surface area contributed by atoms with Crippen molar-refractivity contribution in [3.05, 3.63) is 47.6 Å². The summed E-state index contributed by atoms with van der Waals surface area (Å²) in [7, 11) is -1.05. The van der Waals surface area contributed by atoms with Gasteiger partial charge < -0.3 is 4.52 Å². The molecule has 2 aromatic rings. The molecule has 0 aliphatic carbocycles. The van der Waals surface area contributed by atoms with Crippen molar-refractivity contribution >= 4 is 10.0 Å². The molecule has 0 amide bonds. The number of sulfonamides is 1. The molecule has 8 heteroatoms. The van der Waals surface area contributed by atoms with E-state index in [2.05, 4.69) is 46.4 Å².